The number of aliphatic carboxylic acids is 1. The van der Waals surface area contributed by atoms with Crippen LogP contribution in [0, 0.1) is 5.92 Å². The van der Waals surface area contributed by atoms with Gasteiger partial charge in [-0.3, -0.25) is 4.79 Å². The number of rotatable bonds is 9. The lowest BCUT2D eigenvalue weighted by Gasteiger charge is -2.16. The molecule has 0 unspecified atom stereocenters. The van der Waals surface area contributed by atoms with Crippen LogP contribution < -0.4 is 14.8 Å². The van der Waals surface area contributed by atoms with Crippen LogP contribution in [0.5, 0.6) is 17.4 Å². The van der Waals surface area contributed by atoms with E-state index in [0.29, 0.717) is 23.8 Å². The summed E-state index contributed by atoms with van der Waals surface area (Å²) in [5.74, 6) is 0.164. The van der Waals surface area contributed by atoms with Crippen molar-refractivity contribution < 1.29 is 24.2 Å². The molecule has 2 aromatic rings. The van der Waals surface area contributed by atoms with Crippen LogP contribution in [0.1, 0.15) is 20.3 Å². The van der Waals surface area contributed by atoms with E-state index in [-0.39, 0.29) is 12.5 Å². The van der Waals surface area contributed by atoms with Crippen molar-refractivity contribution in [3.8, 4) is 17.4 Å². The molecule has 0 aliphatic carbocycles. The molecule has 1 aromatic carbocycles. The lowest BCUT2D eigenvalue weighted by molar-refractivity contribution is -0.142. The number of aromatic nitrogens is 1. The van der Waals surface area contributed by atoms with E-state index in [1.165, 1.54) is 0 Å². The molecular formula is C19H22N2O5. The Hall–Kier alpha value is -3.09. The lowest BCUT2D eigenvalue weighted by Crippen LogP contribution is -2.43. The van der Waals surface area contributed by atoms with Gasteiger partial charge in [0.25, 0.3) is 5.91 Å². The summed E-state index contributed by atoms with van der Waals surface area (Å²) in [4.78, 5) is 27.1. The number of nitrogens with one attached hydrogen (secondary N) is 1. The van der Waals surface area contributed by atoms with Crippen molar-refractivity contribution >= 4 is 11.9 Å². The summed E-state index contributed by atoms with van der Waals surface area (Å²) in [6, 6.07) is 11.2. The molecule has 1 atom stereocenters. The molecule has 0 aliphatic rings. The molecule has 7 nitrogen and oxygen atoms in total. The summed E-state index contributed by atoms with van der Waals surface area (Å²) in [6.07, 6.45) is 2.00. The zero-order valence-electron chi connectivity index (χ0n) is 14.7. The van der Waals surface area contributed by atoms with Gasteiger partial charge in [-0.05, 0) is 42.7 Å². The summed E-state index contributed by atoms with van der Waals surface area (Å²) in [5, 5.41) is 11.6. The molecule has 0 aliphatic heterocycles. The molecule has 1 amide bonds. The molecule has 2 rings (SSSR count). The number of hydrogen-bond donors (Lipinski definition) is 2. The van der Waals surface area contributed by atoms with Gasteiger partial charge in [0.1, 0.15) is 17.5 Å². The zero-order valence-corrected chi connectivity index (χ0v) is 14.7. The Kier molecular flexibility index (Phi) is 6.96. The molecular weight excluding hydrogens is 336 g/mol. The first-order chi connectivity index (χ1) is 12.4. The molecule has 0 saturated carbocycles. The Morgan fingerprint density at radius 3 is 2.38 bits per heavy atom. The van der Waals surface area contributed by atoms with E-state index in [9.17, 15) is 9.59 Å². The lowest BCUT2D eigenvalue weighted by atomic mass is 10.0. The topological polar surface area (TPSA) is 97.8 Å². The third kappa shape index (κ3) is 6.43. The van der Waals surface area contributed by atoms with Gasteiger partial charge < -0.3 is 19.9 Å². The molecule has 0 bridgehead atoms. The van der Waals surface area contributed by atoms with Crippen molar-refractivity contribution in [3.05, 3.63) is 48.7 Å². The van der Waals surface area contributed by atoms with Gasteiger partial charge in [0.2, 0.25) is 5.88 Å². The number of carbonyl (C=O) groups is 2. The molecule has 0 radical (unpaired) electrons. The molecule has 0 fully saturated rings. The highest BCUT2D eigenvalue weighted by Gasteiger charge is 2.21. The third-order valence-electron chi connectivity index (χ3n) is 3.39. The fraction of sp³-hybridized carbons (Fsp3) is 0.316. The van der Waals surface area contributed by atoms with Crippen molar-refractivity contribution in [1.82, 2.24) is 10.3 Å². The predicted molar refractivity (Wildman–Crippen MR) is 95.3 cm³/mol. The largest absolute Gasteiger partial charge is 0.484 e. The van der Waals surface area contributed by atoms with Gasteiger partial charge in [-0.25, -0.2) is 9.78 Å². The van der Waals surface area contributed by atoms with Crippen LogP contribution in [0.15, 0.2) is 48.7 Å². The summed E-state index contributed by atoms with van der Waals surface area (Å²) >= 11 is 0. The Labute approximate surface area is 152 Å². The first-order valence-corrected chi connectivity index (χ1v) is 8.28. The number of hydrogen-bond acceptors (Lipinski definition) is 5. The number of benzene rings is 1. The zero-order chi connectivity index (χ0) is 18.9. The highest BCUT2D eigenvalue weighted by atomic mass is 16.5. The second kappa shape index (κ2) is 9.41. The van der Waals surface area contributed by atoms with Crippen LogP contribution in [-0.2, 0) is 9.59 Å². The first kappa shape index (κ1) is 19.2. The summed E-state index contributed by atoms with van der Waals surface area (Å²) in [7, 11) is 0. The quantitative estimate of drug-likeness (QED) is 0.715. The molecule has 1 aromatic heterocycles. The molecule has 2 N–H and O–H groups in total. The second-order valence-electron chi connectivity index (χ2n) is 6.12. The molecule has 0 saturated heterocycles. The minimum atomic E-state index is -1.05. The van der Waals surface area contributed by atoms with Crippen LogP contribution in [0.3, 0.4) is 0 Å². The van der Waals surface area contributed by atoms with Gasteiger partial charge in [-0.2, -0.15) is 0 Å². The maximum absolute atomic E-state index is 11.9. The standard InChI is InChI=1S/C19H22N2O5/c1-13(2)11-16(19(23)24)21-17(22)12-25-14-6-8-15(9-7-14)26-18-5-3-4-10-20-18/h3-10,13,16H,11-12H2,1-2H3,(H,21,22)(H,23,24)/t16-/m0/s1. The Balaban J connectivity index is 1.83. The van der Waals surface area contributed by atoms with E-state index in [2.05, 4.69) is 10.3 Å². The average Bonchev–Trinajstić information content (AvgIpc) is 2.61. The second-order valence-corrected chi connectivity index (χ2v) is 6.12. The molecule has 1 heterocycles. The molecule has 7 heteroatoms. The van der Waals surface area contributed by atoms with E-state index in [0.717, 1.165) is 0 Å². The molecule has 0 spiro atoms. The maximum Gasteiger partial charge on any atom is 0.326 e. The van der Waals surface area contributed by atoms with Gasteiger partial charge in [-0.15, -0.1) is 0 Å². The first-order valence-electron chi connectivity index (χ1n) is 8.28. The number of carboxylic acid groups (broad SMARTS) is 1. The Morgan fingerprint density at radius 2 is 1.81 bits per heavy atom. The maximum atomic E-state index is 11.9. The van der Waals surface area contributed by atoms with E-state index in [4.69, 9.17) is 14.6 Å². The Bertz CT molecular complexity index is 716. The monoisotopic (exact) mass is 358 g/mol. The smallest absolute Gasteiger partial charge is 0.326 e. The third-order valence-corrected chi connectivity index (χ3v) is 3.39. The minimum absolute atomic E-state index is 0.156. The van der Waals surface area contributed by atoms with Crippen LogP contribution in [0.4, 0.5) is 0 Å². The average molecular weight is 358 g/mol. The van der Waals surface area contributed by atoms with Crippen LogP contribution in [0.25, 0.3) is 0 Å². The van der Waals surface area contributed by atoms with E-state index >= 15 is 0 Å². The minimum Gasteiger partial charge on any atom is -0.484 e. The number of amides is 1. The molecule has 138 valence electrons. The highest BCUT2D eigenvalue weighted by molar-refractivity contribution is 5.84. The van der Waals surface area contributed by atoms with Gasteiger partial charge in [-0.1, -0.05) is 19.9 Å². The van der Waals surface area contributed by atoms with Gasteiger partial charge in [0.05, 0.1) is 0 Å². The van der Waals surface area contributed by atoms with Crippen molar-refractivity contribution in [2.24, 2.45) is 5.92 Å². The van der Waals surface area contributed by atoms with Gasteiger partial charge >= 0.3 is 5.97 Å². The van der Waals surface area contributed by atoms with Crippen molar-refractivity contribution in [1.29, 1.82) is 0 Å². The fourth-order valence-corrected chi connectivity index (χ4v) is 2.21. The molecule has 26 heavy (non-hydrogen) atoms. The van der Waals surface area contributed by atoms with Gasteiger partial charge in [0.15, 0.2) is 6.61 Å². The van der Waals surface area contributed by atoms with Crippen molar-refractivity contribution in [2.75, 3.05) is 6.61 Å². The van der Waals surface area contributed by atoms with Gasteiger partial charge in [0, 0.05) is 12.3 Å². The normalized spacial score (nSPS) is 11.7. The SMILES string of the molecule is CC(C)C[C@H](NC(=O)COc1ccc(Oc2ccccn2)cc1)C(=O)O. The highest BCUT2D eigenvalue weighted by Crippen LogP contribution is 2.22. The van der Waals surface area contributed by atoms with Crippen molar-refractivity contribution in [3.63, 3.8) is 0 Å². The van der Waals surface area contributed by atoms with Crippen LogP contribution >= 0.6 is 0 Å². The van der Waals surface area contributed by atoms with E-state index in [1.807, 2.05) is 19.9 Å². The van der Waals surface area contributed by atoms with Crippen molar-refractivity contribution in [2.45, 2.75) is 26.3 Å². The number of carbonyl (C=O) groups excluding carboxylic acids is 1. The number of pyridine rings is 1. The summed E-state index contributed by atoms with van der Waals surface area (Å²) in [6.45, 7) is 3.53. The van der Waals surface area contributed by atoms with Crippen LogP contribution in [0.2, 0.25) is 0 Å². The fourth-order valence-electron chi connectivity index (χ4n) is 2.21. The number of carboxylic acids is 1. The van der Waals surface area contributed by atoms with E-state index in [1.54, 1.807) is 42.6 Å². The summed E-state index contributed by atoms with van der Waals surface area (Å²) in [5.41, 5.74) is 0. The summed E-state index contributed by atoms with van der Waals surface area (Å²) < 4.78 is 10.9. The Morgan fingerprint density at radius 1 is 1.12 bits per heavy atom. The number of ether oxygens (including phenoxy) is 2. The van der Waals surface area contributed by atoms with E-state index < -0.39 is 17.9 Å². The predicted octanol–water partition coefficient (Wildman–Crippen LogP) is 2.87. The van der Waals surface area contributed by atoms with Crippen LogP contribution in [-0.4, -0.2) is 34.6 Å². The number of nitrogens with zero attached hydrogens (tertiary/aromatic N) is 1.